The first-order chi connectivity index (χ1) is 10.3. The van der Waals surface area contributed by atoms with Crippen LogP contribution in [0.2, 0.25) is 0 Å². The number of carbonyl (C=O) groups excluding carboxylic acids is 1. The Kier molecular flexibility index (Phi) is 3.99. The van der Waals surface area contributed by atoms with E-state index in [1.54, 1.807) is 0 Å². The van der Waals surface area contributed by atoms with Gasteiger partial charge in [-0.1, -0.05) is 23.8 Å². The molecule has 5 nitrogen and oxygen atoms in total. The second-order valence-corrected chi connectivity index (χ2v) is 5.49. The van der Waals surface area contributed by atoms with Gasteiger partial charge >= 0.3 is 0 Å². The van der Waals surface area contributed by atoms with Gasteiger partial charge in [0.15, 0.2) is 6.29 Å². The van der Waals surface area contributed by atoms with E-state index >= 15 is 0 Å². The molecule has 1 aliphatic carbocycles. The molecule has 5 heteroatoms. The summed E-state index contributed by atoms with van der Waals surface area (Å²) >= 11 is 0. The van der Waals surface area contributed by atoms with Crippen LogP contribution in [0.5, 0.6) is 5.75 Å². The SMILES string of the molecule is Cc1cccc(OCCn2nnc(C=O)c2C2CCC2)c1. The number of aryl methyl sites for hydroxylation is 1. The van der Waals surface area contributed by atoms with Gasteiger partial charge in [0, 0.05) is 5.92 Å². The molecular formula is C16H19N3O2. The summed E-state index contributed by atoms with van der Waals surface area (Å²) in [7, 11) is 0. The van der Waals surface area contributed by atoms with Crippen LogP contribution in [-0.2, 0) is 6.54 Å². The van der Waals surface area contributed by atoms with Gasteiger partial charge in [-0.15, -0.1) is 5.10 Å². The average Bonchev–Trinajstić information content (AvgIpc) is 2.80. The molecule has 1 heterocycles. The highest BCUT2D eigenvalue weighted by molar-refractivity contribution is 5.73. The van der Waals surface area contributed by atoms with Gasteiger partial charge in [0.1, 0.15) is 18.1 Å². The lowest BCUT2D eigenvalue weighted by Crippen LogP contribution is -2.19. The van der Waals surface area contributed by atoms with E-state index in [4.69, 9.17) is 4.74 Å². The monoisotopic (exact) mass is 285 g/mol. The third-order valence-electron chi connectivity index (χ3n) is 3.97. The zero-order valence-electron chi connectivity index (χ0n) is 12.2. The molecule has 0 amide bonds. The van der Waals surface area contributed by atoms with Crippen LogP contribution >= 0.6 is 0 Å². The Morgan fingerprint density at radius 3 is 2.95 bits per heavy atom. The Bertz CT molecular complexity index is 632. The number of benzene rings is 1. The molecule has 21 heavy (non-hydrogen) atoms. The minimum absolute atomic E-state index is 0.430. The number of ether oxygens (including phenoxy) is 1. The summed E-state index contributed by atoms with van der Waals surface area (Å²) in [5.41, 5.74) is 2.63. The Morgan fingerprint density at radius 2 is 2.29 bits per heavy atom. The molecule has 1 saturated carbocycles. The molecule has 0 radical (unpaired) electrons. The molecule has 0 spiro atoms. The lowest BCUT2D eigenvalue weighted by Gasteiger charge is -2.26. The van der Waals surface area contributed by atoms with E-state index in [-0.39, 0.29) is 0 Å². The van der Waals surface area contributed by atoms with Crippen LogP contribution in [0.3, 0.4) is 0 Å². The summed E-state index contributed by atoms with van der Waals surface area (Å²) < 4.78 is 7.57. The van der Waals surface area contributed by atoms with Gasteiger partial charge in [-0.2, -0.15) is 0 Å². The first-order valence-corrected chi connectivity index (χ1v) is 7.36. The minimum Gasteiger partial charge on any atom is -0.492 e. The highest BCUT2D eigenvalue weighted by Crippen LogP contribution is 2.37. The summed E-state index contributed by atoms with van der Waals surface area (Å²) in [6.45, 7) is 3.17. The zero-order valence-corrected chi connectivity index (χ0v) is 12.2. The highest BCUT2D eigenvalue weighted by Gasteiger charge is 2.27. The van der Waals surface area contributed by atoms with E-state index < -0.39 is 0 Å². The van der Waals surface area contributed by atoms with Crippen LogP contribution < -0.4 is 4.74 Å². The molecule has 0 N–H and O–H groups in total. The molecule has 2 aromatic rings. The molecule has 0 saturated heterocycles. The lowest BCUT2D eigenvalue weighted by molar-refractivity contribution is 0.111. The predicted molar refractivity (Wildman–Crippen MR) is 78.7 cm³/mol. The quantitative estimate of drug-likeness (QED) is 0.766. The van der Waals surface area contributed by atoms with Gasteiger partial charge < -0.3 is 4.74 Å². The summed E-state index contributed by atoms with van der Waals surface area (Å²) in [6.07, 6.45) is 4.26. The van der Waals surface area contributed by atoms with Crippen molar-refractivity contribution in [3.05, 3.63) is 41.2 Å². The number of nitrogens with zero attached hydrogens (tertiary/aromatic N) is 3. The molecule has 0 atom stereocenters. The number of hydrogen-bond donors (Lipinski definition) is 0. The fourth-order valence-corrected chi connectivity index (χ4v) is 2.64. The molecule has 1 aliphatic rings. The molecule has 1 aromatic heterocycles. The highest BCUT2D eigenvalue weighted by atomic mass is 16.5. The number of aldehydes is 1. The molecule has 1 fully saturated rings. The van der Waals surface area contributed by atoms with Crippen LogP contribution in [0.15, 0.2) is 24.3 Å². The van der Waals surface area contributed by atoms with E-state index in [0.29, 0.717) is 24.8 Å². The van der Waals surface area contributed by atoms with Crippen molar-refractivity contribution >= 4 is 6.29 Å². The van der Waals surface area contributed by atoms with Crippen LogP contribution in [-0.4, -0.2) is 27.9 Å². The minimum atomic E-state index is 0.430. The zero-order chi connectivity index (χ0) is 14.7. The smallest absolute Gasteiger partial charge is 0.172 e. The molecule has 1 aromatic carbocycles. The second kappa shape index (κ2) is 6.08. The van der Waals surface area contributed by atoms with E-state index in [9.17, 15) is 4.79 Å². The summed E-state index contributed by atoms with van der Waals surface area (Å²) in [5.74, 6) is 1.29. The summed E-state index contributed by atoms with van der Waals surface area (Å²) in [5, 5.41) is 8.06. The standard InChI is InChI=1S/C16H19N3O2/c1-12-4-2-7-14(10-12)21-9-8-19-16(13-5-3-6-13)15(11-20)17-18-19/h2,4,7,10-11,13H,3,5-6,8-9H2,1H3. The third kappa shape index (κ3) is 2.96. The van der Waals surface area contributed by atoms with Crippen LogP contribution in [0.25, 0.3) is 0 Å². The number of aromatic nitrogens is 3. The fraction of sp³-hybridized carbons (Fsp3) is 0.438. The average molecular weight is 285 g/mol. The van der Waals surface area contributed by atoms with Gasteiger partial charge in [0.25, 0.3) is 0 Å². The van der Waals surface area contributed by atoms with Crippen molar-refractivity contribution in [1.82, 2.24) is 15.0 Å². The van der Waals surface area contributed by atoms with E-state index in [1.165, 1.54) is 12.0 Å². The Balaban J connectivity index is 1.65. The van der Waals surface area contributed by atoms with Crippen molar-refractivity contribution in [2.45, 2.75) is 38.6 Å². The molecule has 0 unspecified atom stereocenters. The Labute approximate surface area is 123 Å². The maximum atomic E-state index is 11.1. The largest absolute Gasteiger partial charge is 0.492 e. The van der Waals surface area contributed by atoms with E-state index in [1.807, 2.05) is 35.9 Å². The van der Waals surface area contributed by atoms with Crippen LogP contribution in [0.1, 0.15) is 46.9 Å². The van der Waals surface area contributed by atoms with Crippen molar-refractivity contribution < 1.29 is 9.53 Å². The summed E-state index contributed by atoms with van der Waals surface area (Å²) in [4.78, 5) is 11.1. The van der Waals surface area contributed by atoms with Gasteiger partial charge in [0.2, 0.25) is 0 Å². The maximum Gasteiger partial charge on any atom is 0.172 e. The van der Waals surface area contributed by atoms with Gasteiger partial charge in [-0.3, -0.25) is 4.79 Å². The summed E-state index contributed by atoms with van der Waals surface area (Å²) in [6, 6.07) is 7.96. The van der Waals surface area contributed by atoms with Crippen molar-refractivity contribution in [2.75, 3.05) is 6.61 Å². The van der Waals surface area contributed by atoms with Gasteiger partial charge in [0.05, 0.1) is 12.2 Å². The number of rotatable bonds is 6. The molecule has 0 bridgehead atoms. The predicted octanol–water partition coefficient (Wildman–Crippen LogP) is 2.75. The molecule has 110 valence electrons. The second-order valence-electron chi connectivity index (χ2n) is 5.49. The maximum absolute atomic E-state index is 11.1. The Hall–Kier alpha value is -2.17. The molecule has 0 aliphatic heterocycles. The molecule has 3 rings (SSSR count). The van der Waals surface area contributed by atoms with Crippen molar-refractivity contribution in [3.63, 3.8) is 0 Å². The lowest BCUT2D eigenvalue weighted by atomic mass is 9.82. The van der Waals surface area contributed by atoms with Crippen LogP contribution in [0, 0.1) is 6.92 Å². The fourth-order valence-electron chi connectivity index (χ4n) is 2.64. The van der Waals surface area contributed by atoms with Crippen molar-refractivity contribution in [2.24, 2.45) is 0 Å². The number of hydrogen-bond acceptors (Lipinski definition) is 4. The third-order valence-corrected chi connectivity index (χ3v) is 3.97. The topological polar surface area (TPSA) is 57.0 Å². The van der Waals surface area contributed by atoms with Crippen LogP contribution in [0.4, 0.5) is 0 Å². The first kappa shape index (κ1) is 13.8. The van der Waals surface area contributed by atoms with Crippen molar-refractivity contribution in [3.8, 4) is 5.75 Å². The van der Waals surface area contributed by atoms with Gasteiger partial charge in [-0.05, 0) is 37.5 Å². The Morgan fingerprint density at radius 1 is 1.43 bits per heavy atom. The van der Waals surface area contributed by atoms with E-state index in [2.05, 4.69) is 10.3 Å². The van der Waals surface area contributed by atoms with Gasteiger partial charge in [-0.25, -0.2) is 4.68 Å². The normalized spacial score (nSPS) is 14.7. The number of carbonyl (C=O) groups is 1. The molecular weight excluding hydrogens is 266 g/mol. The first-order valence-electron chi connectivity index (χ1n) is 7.36. The van der Waals surface area contributed by atoms with E-state index in [0.717, 1.165) is 30.6 Å². The van der Waals surface area contributed by atoms with Crippen molar-refractivity contribution in [1.29, 1.82) is 0 Å².